The van der Waals surface area contributed by atoms with E-state index in [0.717, 1.165) is 43.9 Å². The van der Waals surface area contributed by atoms with Crippen molar-refractivity contribution in [3.63, 3.8) is 0 Å². The number of fused-ring (bicyclic) bond motifs is 2. The lowest BCUT2D eigenvalue weighted by atomic mass is 9.98. The Labute approximate surface area is 198 Å². The predicted molar refractivity (Wildman–Crippen MR) is 124 cm³/mol. The lowest BCUT2D eigenvalue weighted by molar-refractivity contribution is -0.149. The number of hydrogen-bond acceptors (Lipinski definition) is 6. The van der Waals surface area contributed by atoms with Crippen LogP contribution < -0.4 is 9.47 Å². The van der Waals surface area contributed by atoms with Crippen LogP contribution >= 0.6 is 27.3 Å². The first-order valence-electron chi connectivity index (χ1n) is 10.7. The zero-order chi connectivity index (χ0) is 22.2. The molecule has 168 valence electrons. The van der Waals surface area contributed by atoms with Crippen molar-refractivity contribution in [1.82, 2.24) is 9.47 Å². The van der Waals surface area contributed by atoms with Gasteiger partial charge in [-0.25, -0.2) is 0 Å². The Balaban J connectivity index is 1.45. The summed E-state index contributed by atoms with van der Waals surface area (Å²) in [6, 6.07) is 9.85. The van der Waals surface area contributed by atoms with E-state index in [1.165, 1.54) is 0 Å². The summed E-state index contributed by atoms with van der Waals surface area (Å²) in [4.78, 5) is 27.6. The van der Waals surface area contributed by atoms with E-state index in [2.05, 4.69) is 15.9 Å². The fraction of sp³-hybridized carbons (Fsp3) is 0.391. The van der Waals surface area contributed by atoms with Crippen LogP contribution in [-0.2, 0) is 16.1 Å². The van der Waals surface area contributed by atoms with Gasteiger partial charge in [0.1, 0.15) is 5.69 Å². The van der Waals surface area contributed by atoms with Gasteiger partial charge in [-0.1, -0.05) is 6.07 Å². The number of carbonyl (C=O) groups is 2. The van der Waals surface area contributed by atoms with E-state index in [1.54, 1.807) is 23.2 Å². The number of rotatable bonds is 5. The van der Waals surface area contributed by atoms with Gasteiger partial charge in [0.15, 0.2) is 11.5 Å². The SMILES string of the molecule is CCOC(=O)[C@H]1CCCN(C(=O)c2cc3sc(Br)cc3n2Cc2ccc3c(c2)OCO3)C1. The molecule has 0 saturated carbocycles. The molecule has 1 fully saturated rings. The number of piperidine rings is 1. The zero-order valence-corrected chi connectivity index (χ0v) is 20.0. The first-order chi connectivity index (χ1) is 15.5. The summed E-state index contributed by atoms with van der Waals surface area (Å²) in [6.07, 6.45) is 1.54. The van der Waals surface area contributed by atoms with Crippen LogP contribution in [0.5, 0.6) is 11.5 Å². The van der Waals surface area contributed by atoms with Crippen LogP contribution in [0.1, 0.15) is 35.8 Å². The molecule has 9 heteroatoms. The zero-order valence-electron chi connectivity index (χ0n) is 17.6. The lowest BCUT2D eigenvalue weighted by Gasteiger charge is -2.31. The maximum Gasteiger partial charge on any atom is 0.310 e. The van der Waals surface area contributed by atoms with Crippen molar-refractivity contribution >= 4 is 49.4 Å². The van der Waals surface area contributed by atoms with Crippen molar-refractivity contribution in [1.29, 1.82) is 0 Å². The molecule has 2 aliphatic rings. The molecule has 0 radical (unpaired) electrons. The van der Waals surface area contributed by atoms with E-state index in [-0.39, 0.29) is 24.6 Å². The average Bonchev–Trinajstić information content (AvgIpc) is 3.48. The van der Waals surface area contributed by atoms with Crippen LogP contribution in [0.2, 0.25) is 0 Å². The number of amides is 1. The molecule has 0 spiro atoms. The standard InChI is InChI=1S/C23H23BrN2O5S/c1-2-29-23(28)15-4-3-7-25(12-15)22(27)17-9-20-16(10-21(24)32-20)26(17)11-14-5-6-18-19(8-14)31-13-30-18/h5-6,8-10,15H,2-4,7,11-13H2,1H3/t15-/m0/s1. The number of aromatic nitrogens is 1. The molecule has 7 nitrogen and oxygen atoms in total. The van der Waals surface area contributed by atoms with E-state index in [4.69, 9.17) is 14.2 Å². The molecule has 0 aliphatic carbocycles. The summed E-state index contributed by atoms with van der Waals surface area (Å²) >= 11 is 5.16. The smallest absolute Gasteiger partial charge is 0.310 e. The van der Waals surface area contributed by atoms with E-state index in [1.807, 2.05) is 34.9 Å². The lowest BCUT2D eigenvalue weighted by Crippen LogP contribution is -2.43. The molecule has 5 rings (SSSR count). The number of nitrogens with zero attached hydrogens (tertiary/aromatic N) is 2. The van der Waals surface area contributed by atoms with Crippen molar-refractivity contribution in [2.45, 2.75) is 26.3 Å². The molecule has 1 amide bonds. The minimum atomic E-state index is -0.264. The molecule has 0 bridgehead atoms. The number of ether oxygens (including phenoxy) is 3. The molecular weight excluding hydrogens is 496 g/mol. The highest BCUT2D eigenvalue weighted by Crippen LogP contribution is 2.36. The highest BCUT2D eigenvalue weighted by molar-refractivity contribution is 9.11. The number of thiophene rings is 1. The minimum absolute atomic E-state index is 0.0562. The second-order valence-corrected chi connectivity index (χ2v) is 10.4. The Bertz CT molecular complexity index is 1190. The van der Waals surface area contributed by atoms with Crippen LogP contribution in [0, 0.1) is 5.92 Å². The predicted octanol–water partition coefficient (Wildman–Crippen LogP) is 4.66. The molecule has 1 atom stereocenters. The van der Waals surface area contributed by atoms with E-state index < -0.39 is 0 Å². The van der Waals surface area contributed by atoms with E-state index >= 15 is 0 Å². The molecule has 32 heavy (non-hydrogen) atoms. The maximum atomic E-state index is 13.6. The molecular formula is C23H23BrN2O5S. The third kappa shape index (κ3) is 3.99. The number of benzene rings is 1. The van der Waals surface area contributed by atoms with Crippen molar-refractivity contribution in [2.24, 2.45) is 5.92 Å². The van der Waals surface area contributed by atoms with E-state index in [9.17, 15) is 9.59 Å². The normalized spacial score (nSPS) is 17.7. The van der Waals surface area contributed by atoms with Gasteiger partial charge in [-0.05, 0) is 65.5 Å². The largest absolute Gasteiger partial charge is 0.466 e. The van der Waals surface area contributed by atoms with Crippen LogP contribution in [-0.4, -0.2) is 47.8 Å². The molecule has 3 aromatic rings. The topological polar surface area (TPSA) is 70.0 Å². The van der Waals surface area contributed by atoms with Gasteiger partial charge in [0.25, 0.3) is 5.91 Å². The molecule has 1 saturated heterocycles. The van der Waals surface area contributed by atoms with Gasteiger partial charge in [-0.15, -0.1) is 11.3 Å². The quantitative estimate of drug-likeness (QED) is 0.459. The minimum Gasteiger partial charge on any atom is -0.466 e. The molecule has 0 unspecified atom stereocenters. The number of hydrogen-bond donors (Lipinski definition) is 0. The summed E-state index contributed by atoms with van der Waals surface area (Å²) < 4.78 is 20.2. The number of carbonyl (C=O) groups excluding carboxylic acids is 2. The van der Waals surface area contributed by atoms with Crippen molar-refractivity contribution in [3.05, 3.63) is 45.4 Å². The fourth-order valence-corrected chi connectivity index (χ4v) is 5.92. The maximum absolute atomic E-state index is 13.6. The highest BCUT2D eigenvalue weighted by Gasteiger charge is 2.31. The fourth-order valence-electron chi connectivity index (χ4n) is 4.36. The van der Waals surface area contributed by atoms with Crippen LogP contribution in [0.4, 0.5) is 0 Å². The number of esters is 1. The van der Waals surface area contributed by atoms with Crippen LogP contribution in [0.15, 0.2) is 34.1 Å². The van der Waals surface area contributed by atoms with Crippen molar-refractivity contribution in [2.75, 3.05) is 26.5 Å². The summed E-state index contributed by atoms with van der Waals surface area (Å²) in [7, 11) is 0. The Morgan fingerprint density at radius 2 is 2.06 bits per heavy atom. The van der Waals surface area contributed by atoms with Gasteiger partial charge in [0, 0.05) is 19.6 Å². The number of likely N-dealkylation sites (tertiary alicyclic amines) is 1. The van der Waals surface area contributed by atoms with Gasteiger partial charge in [-0.3, -0.25) is 9.59 Å². The Morgan fingerprint density at radius 1 is 1.22 bits per heavy atom. The third-order valence-corrected chi connectivity index (χ3v) is 7.46. The van der Waals surface area contributed by atoms with E-state index in [0.29, 0.717) is 31.9 Å². The molecule has 4 heterocycles. The number of halogens is 1. The first-order valence-corrected chi connectivity index (χ1v) is 12.3. The van der Waals surface area contributed by atoms with Crippen molar-refractivity contribution < 1.29 is 23.8 Å². The Kier molecular flexibility index (Phi) is 5.86. The first kappa shape index (κ1) is 21.3. The van der Waals surface area contributed by atoms with Crippen LogP contribution in [0.25, 0.3) is 10.2 Å². The second kappa shape index (κ2) is 8.78. The summed E-state index contributed by atoms with van der Waals surface area (Å²) in [6.45, 7) is 3.94. The second-order valence-electron chi connectivity index (χ2n) is 7.95. The monoisotopic (exact) mass is 518 g/mol. The van der Waals surface area contributed by atoms with Gasteiger partial charge in [0.05, 0.1) is 26.5 Å². The third-order valence-electron chi connectivity index (χ3n) is 5.88. The highest BCUT2D eigenvalue weighted by atomic mass is 79.9. The summed E-state index contributed by atoms with van der Waals surface area (Å²) in [5.74, 6) is 0.919. The molecule has 2 aliphatic heterocycles. The Morgan fingerprint density at radius 3 is 2.91 bits per heavy atom. The van der Waals surface area contributed by atoms with Gasteiger partial charge in [0.2, 0.25) is 6.79 Å². The Hall–Kier alpha value is -2.52. The average molecular weight is 519 g/mol. The van der Waals surface area contributed by atoms with Crippen molar-refractivity contribution in [3.8, 4) is 11.5 Å². The molecule has 0 N–H and O–H groups in total. The molecule has 1 aromatic carbocycles. The van der Waals surface area contributed by atoms with Gasteiger partial charge >= 0.3 is 5.97 Å². The van der Waals surface area contributed by atoms with Gasteiger partial charge < -0.3 is 23.7 Å². The summed E-state index contributed by atoms with van der Waals surface area (Å²) in [5, 5.41) is 0. The summed E-state index contributed by atoms with van der Waals surface area (Å²) in [5.41, 5.74) is 2.65. The molecule has 2 aromatic heterocycles. The van der Waals surface area contributed by atoms with Gasteiger partial charge in [-0.2, -0.15) is 0 Å². The van der Waals surface area contributed by atoms with Crippen LogP contribution in [0.3, 0.4) is 0 Å².